The number of carbonyl (C=O) groups is 4. The van der Waals surface area contributed by atoms with Crippen LogP contribution in [0.1, 0.15) is 49.8 Å². The van der Waals surface area contributed by atoms with E-state index in [2.05, 4.69) is 16.0 Å². The molecule has 0 radical (unpaired) electrons. The fraction of sp³-hybridized carbons (Fsp3) is 0.385. The molecule has 0 aliphatic carbocycles. The van der Waals surface area contributed by atoms with Crippen LogP contribution in [0.25, 0.3) is 0 Å². The molecule has 0 aromatic heterocycles. The first-order chi connectivity index (χ1) is 24.2. The van der Waals surface area contributed by atoms with Crippen molar-refractivity contribution in [3.63, 3.8) is 0 Å². The van der Waals surface area contributed by atoms with Gasteiger partial charge in [0.15, 0.2) is 0 Å². The molecule has 3 aromatic rings. The predicted molar refractivity (Wildman–Crippen MR) is 188 cm³/mol. The van der Waals surface area contributed by atoms with E-state index in [1.165, 1.54) is 0 Å². The smallest absolute Gasteiger partial charge is 0.408 e. The Morgan fingerprint density at radius 3 is 2.16 bits per heavy atom. The summed E-state index contributed by atoms with van der Waals surface area (Å²) in [6, 6.07) is 24.4. The van der Waals surface area contributed by atoms with Gasteiger partial charge in [-0.2, -0.15) is 0 Å². The Labute approximate surface area is 293 Å². The van der Waals surface area contributed by atoms with Crippen LogP contribution in [-0.4, -0.2) is 60.3 Å². The summed E-state index contributed by atoms with van der Waals surface area (Å²) in [5, 5.41) is 18.4. The molecule has 4 rings (SSSR count). The highest BCUT2D eigenvalue weighted by Gasteiger charge is 2.29. The molecule has 1 aliphatic heterocycles. The van der Waals surface area contributed by atoms with Gasteiger partial charge in [-0.05, 0) is 54.0 Å². The van der Waals surface area contributed by atoms with Crippen LogP contribution in [0.15, 0.2) is 97.1 Å². The number of hydrogen-bond donors (Lipinski definition) is 4. The Bertz CT molecular complexity index is 1550. The van der Waals surface area contributed by atoms with Crippen LogP contribution < -0.4 is 20.7 Å². The fourth-order valence-corrected chi connectivity index (χ4v) is 5.29. The van der Waals surface area contributed by atoms with E-state index in [-0.39, 0.29) is 56.8 Å². The second-order valence-electron chi connectivity index (χ2n) is 12.7. The van der Waals surface area contributed by atoms with E-state index in [1.54, 1.807) is 12.2 Å². The number of aliphatic hydroxyl groups excluding tert-OH is 1. The number of aliphatic hydroxyl groups is 1. The van der Waals surface area contributed by atoms with Crippen LogP contribution in [0.4, 0.5) is 4.79 Å². The maximum absolute atomic E-state index is 13.4. The van der Waals surface area contributed by atoms with Gasteiger partial charge in [0, 0.05) is 6.42 Å². The number of benzene rings is 3. The van der Waals surface area contributed by atoms with Gasteiger partial charge in [-0.25, -0.2) is 9.59 Å². The van der Waals surface area contributed by atoms with Gasteiger partial charge in [-0.1, -0.05) is 98.8 Å². The topological polar surface area (TPSA) is 152 Å². The van der Waals surface area contributed by atoms with Crippen LogP contribution in [0.3, 0.4) is 0 Å². The molecular formula is C39H47N3O8. The van der Waals surface area contributed by atoms with Crippen molar-refractivity contribution in [3.05, 3.63) is 114 Å². The first-order valence-corrected chi connectivity index (χ1v) is 16.9. The second kappa shape index (κ2) is 19.7. The van der Waals surface area contributed by atoms with E-state index >= 15 is 0 Å². The number of allylic oxidation sites excluding steroid dienone is 1. The quantitative estimate of drug-likeness (QED) is 0.150. The molecule has 11 nitrogen and oxygen atoms in total. The molecule has 3 amide bonds. The predicted octanol–water partition coefficient (Wildman–Crippen LogP) is 4.62. The van der Waals surface area contributed by atoms with E-state index in [0.29, 0.717) is 18.8 Å². The summed E-state index contributed by atoms with van der Waals surface area (Å²) in [7, 11) is 0. The minimum Gasteiger partial charge on any atom is -0.489 e. The normalized spacial score (nSPS) is 18.8. The average molecular weight is 686 g/mol. The van der Waals surface area contributed by atoms with Gasteiger partial charge in [0.25, 0.3) is 0 Å². The Morgan fingerprint density at radius 1 is 0.880 bits per heavy atom. The molecule has 0 bridgehead atoms. The minimum absolute atomic E-state index is 0.0447. The molecule has 4 N–H and O–H groups in total. The maximum Gasteiger partial charge on any atom is 0.408 e. The second-order valence-corrected chi connectivity index (χ2v) is 12.7. The molecule has 0 unspecified atom stereocenters. The number of alkyl carbamates (subject to hydrolysis) is 1. The molecule has 0 saturated heterocycles. The van der Waals surface area contributed by atoms with Crippen molar-refractivity contribution >= 4 is 23.9 Å². The lowest BCUT2D eigenvalue weighted by Crippen LogP contribution is -2.48. The van der Waals surface area contributed by atoms with Gasteiger partial charge in [0.1, 0.15) is 31.6 Å². The van der Waals surface area contributed by atoms with Gasteiger partial charge in [-0.3, -0.25) is 9.59 Å². The van der Waals surface area contributed by atoms with E-state index in [9.17, 15) is 24.3 Å². The molecule has 50 heavy (non-hydrogen) atoms. The van der Waals surface area contributed by atoms with Gasteiger partial charge in [0.2, 0.25) is 11.8 Å². The Kier molecular flexibility index (Phi) is 14.9. The van der Waals surface area contributed by atoms with Crippen molar-refractivity contribution < 1.29 is 38.5 Å². The molecule has 1 heterocycles. The van der Waals surface area contributed by atoms with E-state index in [1.807, 2.05) is 98.8 Å². The molecule has 1 aliphatic rings. The zero-order valence-corrected chi connectivity index (χ0v) is 28.6. The van der Waals surface area contributed by atoms with Crippen LogP contribution in [0, 0.1) is 11.8 Å². The van der Waals surface area contributed by atoms with Crippen molar-refractivity contribution in [2.45, 2.75) is 70.9 Å². The maximum atomic E-state index is 13.4. The number of ether oxygens (including phenoxy) is 3. The Balaban J connectivity index is 1.33. The standard InChI is InChI=1S/C39H47N3O8/c1-27(2)35-26-49-38(46)34(42-39(47)50-25-30-13-7-4-8-14-30)16-10-9-15-31(37(45)41-35)22-36(44)40-32(23-43)21-28-17-19-33(20-18-28)48-24-29-11-5-3-6-12-29/h3-14,17-20,27,31-32,34-35,43H,15-16,21-26H2,1-2H3,(H,40,44)(H,41,45)(H,42,47)/t31-,32+,34-,35-/m1/s1. The Morgan fingerprint density at radius 2 is 1.52 bits per heavy atom. The van der Waals surface area contributed by atoms with E-state index < -0.39 is 36.1 Å². The van der Waals surface area contributed by atoms with Crippen LogP contribution in [0.2, 0.25) is 0 Å². The van der Waals surface area contributed by atoms with Crippen LogP contribution in [0.5, 0.6) is 5.75 Å². The van der Waals surface area contributed by atoms with E-state index in [4.69, 9.17) is 14.2 Å². The van der Waals surface area contributed by atoms with Crippen molar-refractivity contribution in [1.29, 1.82) is 0 Å². The highest BCUT2D eigenvalue weighted by molar-refractivity contribution is 5.86. The third kappa shape index (κ3) is 12.7. The number of cyclic esters (lactones) is 1. The van der Waals surface area contributed by atoms with Gasteiger partial charge < -0.3 is 35.3 Å². The van der Waals surface area contributed by atoms with Crippen molar-refractivity contribution in [2.24, 2.45) is 11.8 Å². The molecule has 0 fully saturated rings. The number of nitrogens with one attached hydrogen (secondary N) is 3. The number of rotatable bonds is 13. The lowest BCUT2D eigenvalue weighted by atomic mass is 9.96. The third-order valence-electron chi connectivity index (χ3n) is 8.33. The summed E-state index contributed by atoms with van der Waals surface area (Å²) in [6.45, 7) is 3.88. The van der Waals surface area contributed by atoms with Crippen LogP contribution in [-0.2, 0) is 43.5 Å². The van der Waals surface area contributed by atoms with Crippen molar-refractivity contribution in [3.8, 4) is 5.75 Å². The molecule has 4 atom stereocenters. The summed E-state index contributed by atoms with van der Waals surface area (Å²) < 4.78 is 16.7. The average Bonchev–Trinajstić information content (AvgIpc) is 3.12. The third-order valence-corrected chi connectivity index (χ3v) is 8.33. The summed E-state index contributed by atoms with van der Waals surface area (Å²) in [6.07, 6.45) is 3.23. The van der Waals surface area contributed by atoms with Crippen molar-refractivity contribution in [1.82, 2.24) is 16.0 Å². The summed E-state index contributed by atoms with van der Waals surface area (Å²) in [5.41, 5.74) is 2.77. The zero-order chi connectivity index (χ0) is 35.7. The summed E-state index contributed by atoms with van der Waals surface area (Å²) in [5.74, 6) is -1.46. The van der Waals surface area contributed by atoms with Gasteiger partial charge >= 0.3 is 12.1 Å². The Hall–Kier alpha value is -5.16. The molecular weight excluding hydrogens is 638 g/mol. The fourth-order valence-electron chi connectivity index (χ4n) is 5.29. The number of carbonyl (C=O) groups excluding carboxylic acids is 4. The van der Waals surface area contributed by atoms with Crippen molar-refractivity contribution in [2.75, 3.05) is 13.2 Å². The first-order valence-electron chi connectivity index (χ1n) is 16.9. The first kappa shape index (κ1) is 37.7. The lowest BCUT2D eigenvalue weighted by Gasteiger charge is -2.26. The summed E-state index contributed by atoms with van der Waals surface area (Å²) >= 11 is 0. The highest BCUT2D eigenvalue weighted by Crippen LogP contribution is 2.17. The monoisotopic (exact) mass is 685 g/mol. The highest BCUT2D eigenvalue weighted by atomic mass is 16.6. The number of esters is 1. The van der Waals surface area contributed by atoms with E-state index in [0.717, 1.165) is 16.7 Å². The SMILES string of the molecule is CC(C)[C@H]1COC(=O)[C@H](NC(=O)OCc2ccccc2)CC=CC[C@H](CC(=O)N[C@H](CO)Cc2ccc(OCc3ccccc3)cc2)C(=O)N1. The molecule has 0 spiro atoms. The van der Waals surface area contributed by atoms with Gasteiger partial charge in [0.05, 0.1) is 24.6 Å². The largest absolute Gasteiger partial charge is 0.489 e. The molecule has 11 heteroatoms. The van der Waals surface area contributed by atoms with Crippen LogP contribution >= 0.6 is 0 Å². The summed E-state index contributed by atoms with van der Waals surface area (Å²) in [4.78, 5) is 52.0. The number of amides is 3. The lowest BCUT2D eigenvalue weighted by molar-refractivity contribution is -0.148. The van der Waals surface area contributed by atoms with Gasteiger partial charge in [-0.15, -0.1) is 0 Å². The molecule has 0 saturated carbocycles. The molecule has 266 valence electrons. The minimum atomic E-state index is -1.01. The molecule has 3 aromatic carbocycles. The zero-order valence-electron chi connectivity index (χ0n) is 28.6. The number of hydrogen-bond acceptors (Lipinski definition) is 8.